The van der Waals surface area contributed by atoms with Gasteiger partial charge in [0.15, 0.2) is 5.82 Å². The molecule has 3 aliphatic rings. The fraction of sp³-hybridized carbons (Fsp3) is 0.458. The van der Waals surface area contributed by atoms with Crippen LogP contribution >= 0.6 is 11.3 Å². The number of carbonyl (C=O) groups excluding carboxylic acids is 1. The lowest BCUT2D eigenvalue weighted by molar-refractivity contribution is -0.117. The van der Waals surface area contributed by atoms with Crippen molar-refractivity contribution in [3.8, 4) is 10.6 Å². The van der Waals surface area contributed by atoms with Crippen molar-refractivity contribution in [3.05, 3.63) is 46.3 Å². The number of nitrogens with one attached hydrogen (secondary N) is 1. The number of fused-ring (bicyclic) bond motifs is 2. The number of amides is 1. The van der Waals surface area contributed by atoms with E-state index in [1.165, 1.54) is 36.2 Å². The minimum absolute atomic E-state index is 0.0307. The van der Waals surface area contributed by atoms with E-state index in [1.54, 1.807) is 0 Å². The zero-order chi connectivity index (χ0) is 20.5. The number of aliphatic hydroxyl groups excluding tert-OH is 1. The van der Waals surface area contributed by atoms with Crippen LogP contribution in [0.3, 0.4) is 0 Å². The number of carbonyl (C=O) groups is 1. The molecule has 3 aliphatic carbocycles. The second kappa shape index (κ2) is 8.23. The lowest BCUT2D eigenvalue weighted by Gasteiger charge is -2.25. The van der Waals surface area contributed by atoms with Crippen molar-refractivity contribution in [2.75, 3.05) is 5.32 Å². The van der Waals surface area contributed by atoms with Crippen LogP contribution < -0.4 is 5.32 Å². The lowest BCUT2D eigenvalue weighted by Crippen LogP contribution is -2.21. The van der Waals surface area contributed by atoms with Crippen LogP contribution in [0.25, 0.3) is 16.1 Å². The summed E-state index contributed by atoms with van der Waals surface area (Å²) in [6, 6.07) is 4.82. The summed E-state index contributed by atoms with van der Waals surface area (Å²) >= 11 is 1.43. The lowest BCUT2D eigenvalue weighted by atomic mass is 9.85. The molecule has 0 bridgehead atoms. The van der Waals surface area contributed by atoms with Gasteiger partial charge in [0.25, 0.3) is 0 Å². The highest BCUT2D eigenvalue weighted by atomic mass is 32.1. The van der Waals surface area contributed by atoms with E-state index in [-0.39, 0.29) is 5.91 Å². The minimum Gasteiger partial charge on any atom is -0.512 e. The summed E-state index contributed by atoms with van der Waals surface area (Å²) in [5, 5.41) is 16.0. The van der Waals surface area contributed by atoms with E-state index in [9.17, 15) is 9.90 Å². The Bertz CT molecular complexity index is 1020. The highest BCUT2D eigenvalue weighted by Crippen LogP contribution is 2.40. The Hall–Kier alpha value is -2.65. The molecule has 0 saturated heterocycles. The van der Waals surface area contributed by atoms with Gasteiger partial charge in [-0.15, -0.1) is 0 Å². The third-order valence-corrected chi connectivity index (χ3v) is 7.11. The van der Waals surface area contributed by atoms with Crippen LogP contribution in [0.2, 0.25) is 0 Å². The number of aryl methyl sites for hydroxylation is 1. The third kappa shape index (κ3) is 3.87. The summed E-state index contributed by atoms with van der Waals surface area (Å²) < 4.78 is 0. The normalized spacial score (nSPS) is 18.9. The van der Waals surface area contributed by atoms with E-state index in [0.717, 1.165) is 53.9 Å². The molecule has 2 aromatic rings. The van der Waals surface area contributed by atoms with Gasteiger partial charge >= 0.3 is 0 Å². The Balaban J connectivity index is 1.48. The van der Waals surface area contributed by atoms with Crippen LogP contribution in [0.15, 0.2) is 23.5 Å². The Morgan fingerprint density at radius 1 is 1.13 bits per heavy atom. The summed E-state index contributed by atoms with van der Waals surface area (Å²) in [5.74, 6) is 1.50. The predicted octanol–water partition coefficient (Wildman–Crippen LogP) is 5.65. The molecule has 0 atom stereocenters. The summed E-state index contributed by atoms with van der Waals surface area (Å²) in [5.41, 5.74) is 4.87. The largest absolute Gasteiger partial charge is 0.512 e. The SMILES string of the molecule is O=C(CC1CCCCC1)Nc1nc2c(nc1-c1cc#cs1)C1=C(C=C(O)CC1)CC2. The molecule has 0 aliphatic heterocycles. The van der Waals surface area contributed by atoms with Crippen molar-refractivity contribution in [2.45, 2.75) is 64.2 Å². The number of hydrogen-bond donors (Lipinski definition) is 2. The van der Waals surface area contributed by atoms with E-state index >= 15 is 0 Å². The summed E-state index contributed by atoms with van der Waals surface area (Å²) in [4.78, 5) is 23.6. The van der Waals surface area contributed by atoms with E-state index in [1.807, 2.05) is 12.1 Å². The number of allylic oxidation sites excluding steroid dienone is 4. The fourth-order valence-corrected chi connectivity index (χ4v) is 5.41. The molecular formula is C24H25N3O2S. The van der Waals surface area contributed by atoms with Gasteiger partial charge < -0.3 is 10.4 Å². The van der Waals surface area contributed by atoms with Gasteiger partial charge in [0.05, 0.1) is 22.0 Å². The van der Waals surface area contributed by atoms with Gasteiger partial charge in [0.2, 0.25) is 5.91 Å². The quantitative estimate of drug-likeness (QED) is 0.671. The Morgan fingerprint density at radius 2 is 2.00 bits per heavy atom. The number of rotatable bonds is 4. The Morgan fingerprint density at radius 3 is 2.80 bits per heavy atom. The summed E-state index contributed by atoms with van der Waals surface area (Å²) in [7, 11) is 0. The topological polar surface area (TPSA) is 75.1 Å². The van der Waals surface area contributed by atoms with Crippen molar-refractivity contribution in [2.24, 2.45) is 5.92 Å². The van der Waals surface area contributed by atoms with Gasteiger partial charge in [-0.1, -0.05) is 36.7 Å². The first-order valence-electron chi connectivity index (χ1n) is 10.9. The first-order chi connectivity index (χ1) is 14.7. The van der Waals surface area contributed by atoms with Gasteiger partial charge in [0, 0.05) is 18.9 Å². The van der Waals surface area contributed by atoms with E-state index in [4.69, 9.17) is 9.97 Å². The van der Waals surface area contributed by atoms with Crippen molar-refractivity contribution >= 4 is 28.6 Å². The molecule has 0 spiro atoms. The second-order valence-corrected chi connectivity index (χ2v) is 9.32. The highest BCUT2D eigenvalue weighted by molar-refractivity contribution is 7.12. The molecule has 0 radical (unpaired) electrons. The molecule has 154 valence electrons. The summed E-state index contributed by atoms with van der Waals surface area (Å²) in [6.07, 6.45) is 11.5. The Labute approximate surface area is 181 Å². The fourth-order valence-electron chi connectivity index (χ4n) is 4.83. The maximum atomic E-state index is 12.8. The maximum absolute atomic E-state index is 12.8. The second-order valence-electron chi connectivity index (χ2n) is 8.47. The first kappa shape index (κ1) is 19.3. The molecule has 5 nitrogen and oxygen atoms in total. The van der Waals surface area contributed by atoms with Gasteiger partial charge in [-0.3, -0.25) is 4.79 Å². The highest BCUT2D eigenvalue weighted by Gasteiger charge is 2.27. The molecule has 1 amide bonds. The van der Waals surface area contributed by atoms with E-state index in [0.29, 0.717) is 36.0 Å². The van der Waals surface area contributed by atoms with E-state index < -0.39 is 0 Å². The molecule has 2 heterocycles. The Kier molecular flexibility index (Phi) is 5.30. The summed E-state index contributed by atoms with van der Waals surface area (Å²) in [6.45, 7) is 0. The number of anilines is 1. The van der Waals surface area contributed by atoms with Gasteiger partial charge in [-0.05, 0) is 60.6 Å². The zero-order valence-electron chi connectivity index (χ0n) is 17.0. The number of hydrogen-bond acceptors (Lipinski definition) is 5. The van der Waals surface area contributed by atoms with Crippen LogP contribution in [-0.4, -0.2) is 21.0 Å². The number of aliphatic hydroxyl groups is 1. The molecule has 0 unspecified atom stereocenters. The average molecular weight is 420 g/mol. The molecule has 30 heavy (non-hydrogen) atoms. The number of nitrogens with zero attached hydrogens (tertiary/aromatic N) is 2. The molecule has 6 heteroatoms. The van der Waals surface area contributed by atoms with Gasteiger partial charge in [-0.25, -0.2) is 9.97 Å². The third-order valence-electron chi connectivity index (χ3n) is 6.36. The van der Waals surface area contributed by atoms with Gasteiger partial charge in [0.1, 0.15) is 5.69 Å². The van der Waals surface area contributed by atoms with Gasteiger partial charge in [-0.2, -0.15) is 0 Å². The molecular weight excluding hydrogens is 394 g/mol. The molecule has 1 saturated carbocycles. The monoisotopic (exact) mass is 419 g/mol. The molecule has 2 aromatic heterocycles. The first-order valence-corrected chi connectivity index (χ1v) is 11.7. The van der Waals surface area contributed by atoms with Crippen LogP contribution in [0, 0.1) is 17.4 Å². The standard InChI is InChI=1S/C24H25N3O2S/c28-17-9-10-18-16(14-17)8-11-19-22(18)27-23(20-7-4-12-30-20)24(25-19)26-21(29)13-15-5-2-1-3-6-15/h7,14-15,28H,1-3,5-6,8-11,13H2,(H,25,26,29). The smallest absolute Gasteiger partial charge is 0.225 e. The number of aromatic nitrogens is 2. The molecule has 2 N–H and O–H groups in total. The van der Waals surface area contributed by atoms with Crippen LogP contribution in [0.1, 0.15) is 69.2 Å². The molecule has 0 aromatic carbocycles. The van der Waals surface area contributed by atoms with Crippen LogP contribution in [0.5, 0.6) is 0 Å². The molecule has 1 fully saturated rings. The van der Waals surface area contributed by atoms with Crippen molar-refractivity contribution < 1.29 is 9.90 Å². The van der Waals surface area contributed by atoms with Crippen molar-refractivity contribution in [3.63, 3.8) is 0 Å². The minimum atomic E-state index is 0.0307. The zero-order valence-corrected chi connectivity index (χ0v) is 17.8. The maximum Gasteiger partial charge on any atom is 0.225 e. The average Bonchev–Trinajstić information content (AvgIpc) is 3.28. The molecule has 5 rings (SSSR count). The van der Waals surface area contributed by atoms with E-state index in [2.05, 4.69) is 16.8 Å². The van der Waals surface area contributed by atoms with Crippen LogP contribution in [-0.2, 0) is 11.2 Å². The van der Waals surface area contributed by atoms with Crippen LogP contribution in [0.4, 0.5) is 5.82 Å². The van der Waals surface area contributed by atoms with Crippen molar-refractivity contribution in [1.82, 2.24) is 9.97 Å². The predicted molar refractivity (Wildman–Crippen MR) is 118 cm³/mol. The van der Waals surface area contributed by atoms with Crippen molar-refractivity contribution in [1.29, 1.82) is 0 Å².